The van der Waals surface area contributed by atoms with Crippen molar-refractivity contribution >= 4 is 0 Å². The minimum Gasteiger partial charge on any atom is -0.0656 e. The number of rotatable bonds is 0. The summed E-state index contributed by atoms with van der Waals surface area (Å²) in [6, 6.07) is 0. The van der Waals surface area contributed by atoms with E-state index in [0.717, 1.165) is 11.8 Å². The van der Waals surface area contributed by atoms with Crippen LogP contribution in [0.15, 0.2) is 0 Å². The van der Waals surface area contributed by atoms with Crippen LogP contribution in [0.5, 0.6) is 0 Å². The van der Waals surface area contributed by atoms with Crippen molar-refractivity contribution in [2.75, 3.05) is 0 Å². The topological polar surface area (TPSA) is 0 Å². The molecule has 0 heterocycles. The molecule has 0 radical (unpaired) electrons. The Morgan fingerprint density at radius 1 is 0.733 bits per heavy atom. The summed E-state index contributed by atoms with van der Waals surface area (Å²) < 4.78 is 0. The van der Waals surface area contributed by atoms with Gasteiger partial charge < -0.3 is 0 Å². The largest absolute Gasteiger partial charge is 0.0656 e. The van der Waals surface area contributed by atoms with E-state index in [1.54, 1.807) is 25.7 Å². The average Bonchev–Trinajstić information content (AvgIpc) is 2.14. The van der Waals surface area contributed by atoms with Gasteiger partial charge in [-0.05, 0) is 43.4 Å². The van der Waals surface area contributed by atoms with Crippen LogP contribution in [-0.2, 0) is 0 Å². The monoisotopic (exact) mass is 212 g/mol. The highest BCUT2D eigenvalue weighted by Crippen LogP contribution is 2.46. The molecule has 3 unspecified atom stereocenters. The van der Waals surface area contributed by atoms with Crippen LogP contribution in [0.4, 0.5) is 0 Å². The van der Waals surface area contributed by atoms with Crippen LogP contribution in [-0.4, -0.2) is 0 Å². The quantitative estimate of drug-likeness (QED) is 0.485. The molecule has 0 heteroatoms. The van der Waals surface area contributed by atoms with Crippen LogP contribution in [0.25, 0.3) is 0 Å². The van der Waals surface area contributed by atoms with E-state index in [-0.39, 0.29) is 0 Å². The zero-order chi connectivity index (χ0) is 11.7. The predicted molar refractivity (Wildman–Crippen MR) is 71.2 cm³/mol. The van der Waals surface area contributed by atoms with Crippen LogP contribution in [0.3, 0.4) is 0 Å². The Hall–Kier alpha value is 0. The summed E-state index contributed by atoms with van der Waals surface area (Å²) in [6.45, 7) is 10.9. The van der Waals surface area contributed by atoms with Crippen molar-refractivity contribution in [2.24, 2.45) is 17.8 Å². The third-order valence-electron chi connectivity index (χ3n) is 3.31. The van der Waals surface area contributed by atoms with E-state index < -0.39 is 0 Å². The summed E-state index contributed by atoms with van der Waals surface area (Å²) in [5.74, 6) is 3.38. The van der Waals surface area contributed by atoms with Crippen LogP contribution in [0.1, 0.15) is 79.6 Å². The van der Waals surface area contributed by atoms with E-state index in [0.29, 0.717) is 0 Å². The summed E-state index contributed by atoms with van der Waals surface area (Å²) in [5.41, 5.74) is 0. The Balaban J connectivity index is 0.000000280. The van der Waals surface area contributed by atoms with Crippen LogP contribution in [0, 0.1) is 17.8 Å². The zero-order valence-electron chi connectivity index (χ0n) is 11.7. The van der Waals surface area contributed by atoms with E-state index >= 15 is 0 Å². The second-order valence-corrected chi connectivity index (χ2v) is 5.43. The summed E-state index contributed by atoms with van der Waals surface area (Å²) in [4.78, 5) is 0. The Morgan fingerprint density at radius 2 is 1.13 bits per heavy atom. The summed E-state index contributed by atoms with van der Waals surface area (Å²) >= 11 is 0. The van der Waals surface area contributed by atoms with E-state index in [2.05, 4.69) is 34.6 Å². The molecule has 2 rings (SSSR count). The number of hydrogen-bond acceptors (Lipinski definition) is 0. The number of hydrogen-bond donors (Lipinski definition) is 0. The summed E-state index contributed by atoms with van der Waals surface area (Å²) in [5, 5.41) is 0. The lowest BCUT2D eigenvalue weighted by atomic mass is 9.63. The Bertz CT molecular complexity index is 126. The maximum absolute atomic E-state index is 2.41. The van der Waals surface area contributed by atoms with Crippen molar-refractivity contribution in [1.82, 2.24) is 0 Å². The van der Waals surface area contributed by atoms with E-state index in [4.69, 9.17) is 0 Å². The van der Waals surface area contributed by atoms with Gasteiger partial charge in [0, 0.05) is 0 Å². The van der Waals surface area contributed by atoms with Crippen LogP contribution in [0.2, 0.25) is 0 Å². The fourth-order valence-corrected chi connectivity index (χ4v) is 2.46. The van der Waals surface area contributed by atoms with Gasteiger partial charge >= 0.3 is 0 Å². The SMILES string of the molecule is CC1CCC2CCC2C1.CCC.CCC. The van der Waals surface area contributed by atoms with E-state index in [1.165, 1.54) is 25.2 Å². The van der Waals surface area contributed by atoms with Crippen molar-refractivity contribution < 1.29 is 0 Å². The summed E-state index contributed by atoms with van der Waals surface area (Å²) in [7, 11) is 0. The molecule has 2 aliphatic carbocycles. The van der Waals surface area contributed by atoms with Gasteiger partial charge in [0.05, 0.1) is 0 Å². The first-order chi connectivity index (χ1) is 7.19. The van der Waals surface area contributed by atoms with Crippen LogP contribution >= 0.6 is 0 Å². The highest BCUT2D eigenvalue weighted by atomic mass is 14.4. The van der Waals surface area contributed by atoms with Crippen molar-refractivity contribution in [2.45, 2.75) is 79.6 Å². The fraction of sp³-hybridized carbons (Fsp3) is 1.00. The maximum Gasteiger partial charge on any atom is -0.0383 e. The van der Waals surface area contributed by atoms with E-state index in [9.17, 15) is 0 Å². The van der Waals surface area contributed by atoms with E-state index in [1.807, 2.05) is 0 Å². The van der Waals surface area contributed by atoms with Gasteiger partial charge in [-0.25, -0.2) is 0 Å². The molecule has 0 saturated heterocycles. The van der Waals surface area contributed by atoms with Gasteiger partial charge in [-0.3, -0.25) is 0 Å². The normalized spacial score (nSPS) is 32.2. The predicted octanol–water partition coefficient (Wildman–Crippen LogP) is 5.67. The Morgan fingerprint density at radius 3 is 1.40 bits per heavy atom. The lowest BCUT2D eigenvalue weighted by Gasteiger charge is -2.43. The van der Waals surface area contributed by atoms with Gasteiger partial charge in [0.25, 0.3) is 0 Å². The first-order valence-electron chi connectivity index (χ1n) is 7.19. The molecule has 0 aromatic heterocycles. The summed E-state index contributed by atoms with van der Waals surface area (Å²) in [6.07, 6.45) is 10.2. The van der Waals surface area contributed by atoms with Gasteiger partial charge in [-0.1, -0.05) is 53.9 Å². The third-order valence-corrected chi connectivity index (χ3v) is 3.31. The Kier molecular flexibility index (Phi) is 9.24. The molecule has 3 atom stereocenters. The molecule has 0 spiro atoms. The Labute approximate surface area is 97.8 Å². The standard InChI is InChI=1S/C9H16.2C3H8/c1-7-2-3-8-4-5-9(8)6-7;2*1-3-2/h7-9H,2-6H2,1H3;2*3H2,1-2H3. The molecule has 0 bridgehead atoms. The molecular weight excluding hydrogens is 180 g/mol. The zero-order valence-corrected chi connectivity index (χ0v) is 11.7. The minimum absolute atomic E-state index is 1.05. The molecule has 2 saturated carbocycles. The van der Waals surface area contributed by atoms with Gasteiger partial charge in [-0.2, -0.15) is 0 Å². The molecule has 0 aromatic carbocycles. The first kappa shape index (κ1) is 15.0. The molecule has 0 nitrogen and oxygen atoms in total. The molecular formula is C15H32. The molecule has 0 N–H and O–H groups in total. The molecule has 0 amide bonds. The van der Waals surface area contributed by atoms with Crippen molar-refractivity contribution in [3.63, 3.8) is 0 Å². The van der Waals surface area contributed by atoms with Gasteiger partial charge in [-0.15, -0.1) is 0 Å². The third kappa shape index (κ3) is 6.22. The molecule has 2 fully saturated rings. The van der Waals surface area contributed by atoms with Gasteiger partial charge in [0.15, 0.2) is 0 Å². The second-order valence-electron chi connectivity index (χ2n) is 5.43. The molecule has 92 valence electrons. The average molecular weight is 212 g/mol. The van der Waals surface area contributed by atoms with Crippen LogP contribution < -0.4 is 0 Å². The first-order valence-corrected chi connectivity index (χ1v) is 7.19. The highest BCUT2D eigenvalue weighted by molar-refractivity contribution is 4.85. The minimum atomic E-state index is 1.05. The van der Waals surface area contributed by atoms with Crippen molar-refractivity contribution in [1.29, 1.82) is 0 Å². The van der Waals surface area contributed by atoms with Crippen molar-refractivity contribution in [3.05, 3.63) is 0 Å². The molecule has 0 aromatic rings. The molecule has 0 aliphatic heterocycles. The molecule has 15 heavy (non-hydrogen) atoms. The highest BCUT2D eigenvalue weighted by Gasteiger charge is 2.34. The smallest absolute Gasteiger partial charge is 0.0383 e. The van der Waals surface area contributed by atoms with Gasteiger partial charge in [0.1, 0.15) is 0 Å². The second kappa shape index (κ2) is 9.24. The fourth-order valence-electron chi connectivity index (χ4n) is 2.46. The molecule has 2 aliphatic rings. The number of fused-ring (bicyclic) bond motifs is 1. The lowest BCUT2D eigenvalue weighted by Crippen LogP contribution is -2.31. The van der Waals surface area contributed by atoms with Gasteiger partial charge in [0.2, 0.25) is 0 Å². The maximum atomic E-state index is 2.41. The van der Waals surface area contributed by atoms with Crippen molar-refractivity contribution in [3.8, 4) is 0 Å². The lowest BCUT2D eigenvalue weighted by molar-refractivity contribution is 0.0857.